The Balaban J connectivity index is 2.27. The Morgan fingerprint density at radius 1 is 1.44 bits per heavy atom. The van der Waals surface area contributed by atoms with Gasteiger partial charge in [-0.25, -0.2) is 0 Å². The van der Waals surface area contributed by atoms with Crippen molar-refractivity contribution in [2.75, 3.05) is 13.2 Å². The Hall–Kier alpha value is -1.01. The molecule has 0 amide bonds. The Labute approximate surface area is 105 Å². The number of nitrogens with zero attached hydrogens (tertiary/aromatic N) is 1. The van der Waals surface area contributed by atoms with Crippen LogP contribution in [0.2, 0.25) is 0 Å². The fourth-order valence-corrected chi connectivity index (χ4v) is 1.56. The molecule has 104 valence electrons. The summed E-state index contributed by atoms with van der Waals surface area (Å²) in [6.07, 6.45) is 1.16. The van der Waals surface area contributed by atoms with Gasteiger partial charge in [0.15, 0.2) is 0 Å². The summed E-state index contributed by atoms with van der Waals surface area (Å²) in [5, 5.41) is 0. The van der Waals surface area contributed by atoms with E-state index in [1.807, 2.05) is 30.0 Å². The molecule has 2 N–H and O–H groups in total. The van der Waals surface area contributed by atoms with E-state index in [1.54, 1.807) is 0 Å². The molecule has 1 unspecified atom stereocenters. The number of rotatable bonds is 7. The summed E-state index contributed by atoms with van der Waals surface area (Å²) >= 11 is 0. The van der Waals surface area contributed by atoms with E-state index in [4.69, 9.17) is 5.73 Å². The van der Waals surface area contributed by atoms with Crippen molar-refractivity contribution in [3.63, 3.8) is 0 Å². The molecule has 0 aromatic carbocycles. The van der Waals surface area contributed by atoms with Crippen molar-refractivity contribution in [2.24, 2.45) is 5.73 Å². The summed E-state index contributed by atoms with van der Waals surface area (Å²) in [6, 6.07) is 2.06. The van der Waals surface area contributed by atoms with Crippen LogP contribution in [0.5, 0.6) is 0 Å². The number of aromatic nitrogens is 1. The highest BCUT2D eigenvalue weighted by Crippen LogP contribution is 2.14. The molecule has 1 aromatic heterocycles. The van der Waals surface area contributed by atoms with Gasteiger partial charge in [0.2, 0.25) is 0 Å². The molecule has 18 heavy (non-hydrogen) atoms. The molecule has 1 rings (SSSR count). The third-order valence-corrected chi connectivity index (χ3v) is 2.59. The molecular weight excluding hydrogens is 245 g/mol. The first-order chi connectivity index (χ1) is 8.40. The van der Waals surface area contributed by atoms with Gasteiger partial charge in [-0.05, 0) is 24.5 Å². The SMILES string of the molecule is CCC(N)Cc1ccn(CCOCC(F)(F)F)c1. The van der Waals surface area contributed by atoms with Crippen molar-refractivity contribution >= 4 is 0 Å². The van der Waals surface area contributed by atoms with E-state index >= 15 is 0 Å². The minimum Gasteiger partial charge on any atom is -0.370 e. The standard InChI is InChI=1S/C12H19F3N2O/c1-2-11(16)7-10-3-4-17(8-10)5-6-18-9-12(13,14)15/h3-4,8,11H,2,5-7,9,16H2,1H3. The van der Waals surface area contributed by atoms with Gasteiger partial charge in [0.1, 0.15) is 6.61 Å². The Bertz CT molecular complexity index is 349. The maximum Gasteiger partial charge on any atom is 0.411 e. The predicted molar refractivity (Wildman–Crippen MR) is 63.3 cm³/mol. The first-order valence-electron chi connectivity index (χ1n) is 5.95. The molecule has 0 spiro atoms. The Morgan fingerprint density at radius 2 is 2.17 bits per heavy atom. The van der Waals surface area contributed by atoms with Crippen molar-refractivity contribution in [3.8, 4) is 0 Å². The minimum atomic E-state index is -4.25. The Morgan fingerprint density at radius 3 is 2.78 bits per heavy atom. The molecule has 1 heterocycles. The summed E-state index contributed by atoms with van der Waals surface area (Å²) in [5.74, 6) is 0. The molecule has 0 aliphatic rings. The average Bonchev–Trinajstić information content (AvgIpc) is 2.71. The summed E-state index contributed by atoms with van der Waals surface area (Å²) in [6.45, 7) is 1.29. The summed E-state index contributed by atoms with van der Waals surface area (Å²) in [4.78, 5) is 0. The summed E-state index contributed by atoms with van der Waals surface area (Å²) in [5.41, 5.74) is 6.92. The number of hydrogen-bond donors (Lipinski definition) is 1. The van der Waals surface area contributed by atoms with Gasteiger partial charge in [-0.1, -0.05) is 6.92 Å². The van der Waals surface area contributed by atoms with Crippen LogP contribution in [0.3, 0.4) is 0 Å². The van der Waals surface area contributed by atoms with Crippen LogP contribution < -0.4 is 5.73 Å². The van der Waals surface area contributed by atoms with Crippen molar-refractivity contribution in [1.82, 2.24) is 4.57 Å². The van der Waals surface area contributed by atoms with E-state index in [1.165, 1.54) is 0 Å². The monoisotopic (exact) mass is 264 g/mol. The zero-order valence-electron chi connectivity index (χ0n) is 10.4. The van der Waals surface area contributed by atoms with E-state index in [-0.39, 0.29) is 12.6 Å². The van der Waals surface area contributed by atoms with Crippen molar-refractivity contribution in [3.05, 3.63) is 24.0 Å². The second-order valence-corrected chi connectivity index (χ2v) is 4.30. The molecule has 6 heteroatoms. The average molecular weight is 264 g/mol. The van der Waals surface area contributed by atoms with Crippen LogP contribution in [-0.2, 0) is 17.7 Å². The summed E-state index contributed by atoms with van der Waals surface area (Å²) in [7, 11) is 0. The maximum atomic E-state index is 11.8. The normalized spacial score (nSPS) is 13.8. The highest BCUT2D eigenvalue weighted by Gasteiger charge is 2.27. The molecule has 0 fully saturated rings. The lowest BCUT2D eigenvalue weighted by Crippen LogP contribution is -2.21. The fourth-order valence-electron chi connectivity index (χ4n) is 1.56. The van der Waals surface area contributed by atoms with Gasteiger partial charge in [0.05, 0.1) is 6.61 Å². The minimum absolute atomic E-state index is 0.0491. The number of halogens is 3. The summed E-state index contributed by atoms with van der Waals surface area (Å²) < 4.78 is 41.8. The van der Waals surface area contributed by atoms with Crippen LogP contribution in [0.1, 0.15) is 18.9 Å². The van der Waals surface area contributed by atoms with Gasteiger partial charge in [-0.2, -0.15) is 13.2 Å². The van der Waals surface area contributed by atoms with Crippen molar-refractivity contribution < 1.29 is 17.9 Å². The zero-order chi connectivity index (χ0) is 13.6. The van der Waals surface area contributed by atoms with Crippen LogP contribution >= 0.6 is 0 Å². The van der Waals surface area contributed by atoms with Crippen molar-refractivity contribution in [2.45, 2.75) is 38.5 Å². The van der Waals surface area contributed by atoms with E-state index in [0.717, 1.165) is 18.4 Å². The second-order valence-electron chi connectivity index (χ2n) is 4.30. The lowest BCUT2D eigenvalue weighted by molar-refractivity contribution is -0.174. The molecule has 0 radical (unpaired) electrons. The molecule has 0 aliphatic heterocycles. The van der Waals surface area contributed by atoms with Gasteiger partial charge in [-0.15, -0.1) is 0 Å². The molecule has 0 saturated heterocycles. The number of alkyl halides is 3. The Kier molecular flexibility index (Phi) is 5.68. The van der Waals surface area contributed by atoms with Crippen molar-refractivity contribution in [1.29, 1.82) is 0 Å². The predicted octanol–water partition coefficient (Wildman–Crippen LogP) is 2.35. The number of ether oxygens (including phenoxy) is 1. The highest BCUT2D eigenvalue weighted by atomic mass is 19.4. The quantitative estimate of drug-likeness (QED) is 0.768. The van der Waals surface area contributed by atoms with E-state index in [0.29, 0.717) is 6.54 Å². The van der Waals surface area contributed by atoms with Gasteiger partial charge in [0, 0.05) is 25.0 Å². The van der Waals surface area contributed by atoms with Gasteiger partial charge < -0.3 is 15.0 Å². The van der Waals surface area contributed by atoms with E-state index < -0.39 is 12.8 Å². The van der Waals surface area contributed by atoms with Crippen LogP contribution in [0.4, 0.5) is 13.2 Å². The topological polar surface area (TPSA) is 40.2 Å². The second kappa shape index (κ2) is 6.80. The van der Waals surface area contributed by atoms with Crippen LogP contribution in [0.25, 0.3) is 0 Å². The fraction of sp³-hybridized carbons (Fsp3) is 0.667. The third-order valence-electron chi connectivity index (χ3n) is 2.59. The van der Waals surface area contributed by atoms with Gasteiger partial charge in [0.25, 0.3) is 0 Å². The van der Waals surface area contributed by atoms with E-state index in [2.05, 4.69) is 4.74 Å². The maximum absolute atomic E-state index is 11.8. The van der Waals surface area contributed by atoms with Crippen LogP contribution in [0.15, 0.2) is 18.5 Å². The number of nitrogens with two attached hydrogens (primary N) is 1. The lowest BCUT2D eigenvalue weighted by Gasteiger charge is -2.08. The van der Waals surface area contributed by atoms with Crippen LogP contribution in [0, 0.1) is 0 Å². The highest BCUT2D eigenvalue weighted by molar-refractivity contribution is 5.11. The largest absolute Gasteiger partial charge is 0.411 e. The molecule has 0 aliphatic carbocycles. The van der Waals surface area contributed by atoms with E-state index in [9.17, 15) is 13.2 Å². The third kappa shape index (κ3) is 6.07. The molecule has 3 nitrogen and oxygen atoms in total. The molecular formula is C12H19F3N2O. The smallest absolute Gasteiger partial charge is 0.370 e. The van der Waals surface area contributed by atoms with Gasteiger partial charge >= 0.3 is 6.18 Å². The molecule has 1 atom stereocenters. The first kappa shape index (κ1) is 15.0. The lowest BCUT2D eigenvalue weighted by atomic mass is 10.1. The number of hydrogen-bond acceptors (Lipinski definition) is 2. The molecule has 0 bridgehead atoms. The van der Waals surface area contributed by atoms with Crippen LogP contribution in [-0.4, -0.2) is 30.0 Å². The first-order valence-corrected chi connectivity index (χ1v) is 5.95. The van der Waals surface area contributed by atoms with Gasteiger partial charge in [-0.3, -0.25) is 0 Å². The molecule has 0 saturated carbocycles. The molecule has 1 aromatic rings. The zero-order valence-corrected chi connectivity index (χ0v) is 10.4.